The molecule has 0 aromatic rings. The van der Waals surface area contributed by atoms with Crippen molar-refractivity contribution in [2.45, 2.75) is 52.6 Å². The molecule has 0 aromatic heterocycles. The Labute approximate surface area is 87.5 Å². The quantitative estimate of drug-likeness (QED) is 0.536. The summed E-state index contributed by atoms with van der Waals surface area (Å²) >= 11 is 0. The molecule has 1 aliphatic carbocycles. The van der Waals surface area contributed by atoms with Crippen molar-refractivity contribution in [3.8, 4) is 0 Å². The predicted octanol–water partition coefficient (Wildman–Crippen LogP) is 3.55. The van der Waals surface area contributed by atoms with Crippen molar-refractivity contribution >= 4 is 0 Å². The van der Waals surface area contributed by atoms with Gasteiger partial charge in [0.25, 0.3) is 0 Å². The van der Waals surface area contributed by atoms with Gasteiger partial charge in [-0.3, -0.25) is 0 Å². The topological polar surface area (TPSA) is 9.23 Å². The van der Waals surface area contributed by atoms with Crippen molar-refractivity contribution in [1.29, 1.82) is 0 Å². The summed E-state index contributed by atoms with van der Waals surface area (Å²) in [5.74, 6) is 1.71. The van der Waals surface area contributed by atoms with Crippen LogP contribution in [0.2, 0.25) is 0 Å². The lowest BCUT2D eigenvalue weighted by Crippen LogP contribution is -2.34. The van der Waals surface area contributed by atoms with E-state index in [0.717, 1.165) is 24.9 Å². The van der Waals surface area contributed by atoms with Gasteiger partial charge in [0, 0.05) is 0 Å². The van der Waals surface area contributed by atoms with Gasteiger partial charge in [-0.25, -0.2) is 0 Å². The maximum absolute atomic E-state index is 5.86. The van der Waals surface area contributed by atoms with Crippen LogP contribution < -0.4 is 0 Å². The molecule has 0 saturated heterocycles. The summed E-state index contributed by atoms with van der Waals surface area (Å²) in [5.41, 5.74) is 3.39. The highest BCUT2D eigenvalue weighted by molar-refractivity contribution is 5.23. The van der Waals surface area contributed by atoms with Crippen molar-refractivity contribution in [3.63, 3.8) is 0 Å². The van der Waals surface area contributed by atoms with Crippen LogP contribution in [0.3, 0.4) is 0 Å². The van der Waals surface area contributed by atoms with E-state index in [9.17, 15) is 0 Å². The molecule has 80 valence electrons. The Morgan fingerprint density at radius 3 is 2.29 bits per heavy atom. The third-order valence-corrected chi connectivity index (χ3v) is 3.88. The molecule has 0 bridgehead atoms. The summed E-state index contributed by atoms with van der Waals surface area (Å²) in [5, 5.41) is 0. The van der Waals surface area contributed by atoms with Crippen LogP contribution in [-0.4, -0.2) is 12.2 Å². The van der Waals surface area contributed by atoms with Crippen LogP contribution in [0, 0.1) is 11.8 Å². The molecule has 0 N–H and O–H groups in total. The molecule has 1 nitrogen and oxygen atoms in total. The standard InChI is InChI=1S/C13H22O/c1-9-5-11-7-13(3,4)14-8-12(11)6-10(9)2/h9-10H,5-8H2,1-4H3. The summed E-state index contributed by atoms with van der Waals surface area (Å²) in [6, 6.07) is 0. The van der Waals surface area contributed by atoms with E-state index < -0.39 is 0 Å². The normalized spacial score (nSPS) is 36.9. The monoisotopic (exact) mass is 194 g/mol. The first-order valence-electron chi connectivity index (χ1n) is 5.82. The SMILES string of the molecule is CC1CC2=C(CC1C)CC(C)(C)OC2. The fourth-order valence-electron chi connectivity index (χ4n) is 2.67. The van der Waals surface area contributed by atoms with Crippen molar-refractivity contribution in [1.82, 2.24) is 0 Å². The van der Waals surface area contributed by atoms with Crippen molar-refractivity contribution < 1.29 is 4.74 Å². The van der Waals surface area contributed by atoms with Crippen LogP contribution in [0.25, 0.3) is 0 Å². The summed E-state index contributed by atoms with van der Waals surface area (Å²) in [6.45, 7) is 10.1. The first kappa shape index (κ1) is 10.2. The van der Waals surface area contributed by atoms with E-state index in [2.05, 4.69) is 27.7 Å². The average molecular weight is 194 g/mol. The maximum Gasteiger partial charge on any atom is 0.0686 e. The van der Waals surface area contributed by atoms with Crippen molar-refractivity contribution in [3.05, 3.63) is 11.1 Å². The van der Waals surface area contributed by atoms with Gasteiger partial charge < -0.3 is 4.74 Å². The molecular weight excluding hydrogens is 172 g/mol. The molecule has 2 rings (SSSR count). The second-order valence-electron chi connectivity index (χ2n) is 5.80. The molecule has 1 aliphatic heterocycles. The van der Waals surface area contributed by atoms with E-state index in [1.807, 2.05) is 0 Å². The summed E-state index contributed by atoms with van der Waals surface area (Å²) in [7, 11) is 0. The number of rotatable bonds is 0. The average Bonchev–Trinajstić information content (AvgIpc) is 2.07. The first-order valence-corrected chi connectivity index (χ1v) is 5.82. The minimum atomic E-state index is 0.0825. The van der Waals surface area contributed by atoms with E-state index in [1.54, 1.807) is 11.1 Å². The molecule has 1 heteroatoms. The molecule has 14 heavy (non-hydrogen) atoms. The van der Waals surface area contributed by atoms with Crippen LogP contribution in [0.1, 0.15) is 47.0 Å². The van der Waals surface area contributed by atoms with Gasteiger partial charge in [0.1, 0.15) is 0 Å². The zero-order chi connectivity index (χ0) is 10.3. The lowest BCUT2D eigenvalue weighted by atomic mass is 9.74. The second-order valence-corrected chi connectivity index (χ2v) is 5.80. The highest BCUT2D eigenvalue weighted by Crippen LogP contribution is 2.41. The van der Waals surface area contributed by atoms with Gasteiger partial charge in [-0.2, -0.15) is 0 Å². The van der Waals surface area contributed by atoms with Crippen LogP contribution in [0.4, 0.5) is 0 Å². The highest BCUT2D eigenvalue weighted by Gasteiger charge is 2.32. The van der Waals surface area contributed by atoms with E-state index in [4.69, 9.17) is 4.74 Å². The Kier molecular flexibility index (Phi) is 2.46. The molecule has 0 fully saturated rings. The summed E-state index contributed by atoms with van der Waals surface area (Å²) < 4.78 is 5.86. The third-order valence-electron chi connectivity index (χ3n) is 3.88. The van der Waals surface area contributed by atoms with Gasteiger partial charge >= 0.3 is 0 Å². The van der Waals surface area contributed by atoms with Gasteiger partial charge in [0.2, 0.25) is 0 Å². The highest BCUT2D eigenvalue weighted by atomic mass is 16.5. The zero-order valence-electron chi connectivity index (χ0n) is 9.89. The molecule has 2 unspecified atom stereocenters. The van der Waals surface area contributed by atoms with Crippen molar-refractivity contribution in [2.75, 3.05) is 6.61 Å². The zero-order valence-corrected chi connectivity index (χ0v) is 9.89. The third kappa shape index (κ3) is 1.88. The Morgan fingerprint density at radius 1 is 1.07 bits per heavy atom. The Hall–Kier alpha value is -0.300. The van der Waals surface area contributed by atoms with Gasteiger partial charge in [0.05, 0.1) is 12.2 Å². The minimum absolute atomic E-state index is 0.0825. The van der Waals surface area contributed by atoms with E-state index in [0.29, 0.717) is 0 Å². The van der Waals surface area contributed by atoms with Gasteiger partial charge in [-0.15, -0.1) is 0 Å². The van der Waals surface area contributed by atoms with Crippen molar-refractivity contribution in [2.24, 2.45) is 11.8 Å². The number of hydrogen-bond donors (Lipinski definition) is 0. The predicted molar refractivity (Wildman–Crippen MR) is 59.2 cm³/mol. The molecule has 1 heterocycles. The molecule has 0 radical (unpaired) electrons. The number of hydrogen-bond acceptors (Lipinski definition) is 1. The lowest BCUT2D eigenvalue weighted by Gasteiger charge is -2.39. The van der Waals surface area contributed by atoms with Crippen LogP contribution in [-0.2, 0) is 4.74 Å². The molecule has 0 spiro atoms. The van der Waals surface area contributed by atoms with E-state index in [-0.39, 0.29) is 5.60 Å². The molecule has 0 aromatic carbocycles. The number of ether oxygens (including phenoxy) is 1. The Bertz CT molecular complexity index is 262. The molecule has 0 amide bonds. The van der Waals surface area contributed by atoms with Gasteiger partial charge in [0.15, 0.2) is 0 Å². The van der Waals surface area contributed by atoms with Crippen LogP contribution in [0.5, 0.6) is 0 Å². The summed E-state index contributed by atoms with van der Waals surface area (Å²) in [6.07, 6.45) is 3.73. The lowest BCUT2D eigenvalue weighted by molar-refractivity contribution is -0.0207. The molecule has 2 atom stereocenters. The Balaban J connectivity index is 2.17. The van der Waals surface area contributed by atoms with Crippen LogP contribution in [0.15, 0.2) is 11.1 Å². The smallest absolute Gasteiger partial charge is 0.0686 e. The molecule has 0 saturated carbocycles. The molecular formula is C13H22O. The first-order chi connectivity index (χ1) is 6.48. The minimum Gasteiger partial charge on any atom is -0.371 e. The van der Waals surface area contributed by atoms with Crippen LogP contribution >= 0.6 is 0 Å². The largest absolute Gasteiger partial charge is 0.371 e. The summed E-state index contributed by atoms with van der Waals surface area (Å²) in [4.78, 5) is 0. The fourth-order valence-corrected chi connectivity index (χ4v) is 2.67. The van der Waals surface area contributed by atoms with Gasteiger partial charge in [-0.05, 0) is 50.5 Å². The second kappa shape index (κ2) is 3.37. The molecule has 2 aliphatic rings. The Morgan fingerprint density at radius 2 is 1.64 bits per heavy atom. The fraction of sp³-hybridized carbons (Fsp3) is 0.846. The van der Waals surface area contributed by atoms with E-state index >= 15 is 0 Å². The maximum atomic E-state index is 5.86. The van der Waals surface area contributed by atoms with E-state index in [1.165, 1.54) is 12.8 Å². The van der Waals surface area contributed by atoms with Gasteiger partial charge in [-0.1, -0.05) is 19.4 Å².